The summed E-state index contributed by atoms with van der Waals surface area (Å²) in [5, 5.41) is 2.93. The van der Waals surface area contributed by atoms with E-state index in [9.17, 15) is 9.59 Å². The summed E-state index contributed by atoms with van der Waals surface area (Å²) in [6.07, 6.45) is 4.29. The van der Waals surface area contributed by atoms with Gasteiger partial charge in [-0.1, -0.05) is 35.0 Å². The molecule has 0 bridgehead atoms. The molecule has 23 heavy (non-hydrogen) atoms. The number of piperidine rings is 1. The van der Waals surface area contributed by atoms with Gasteiger partial charge >= 0.3 is 0 Å². The molecular weight excluding hydrogens is 356 g/mol. The zero-order valence-electron chi connectivity index (χ0n) is 13.7. The number of carbonyl (C=O) groups is 2. The number of halogens is 1. The summed E-state index contributed by atoms with van der Waals surface area (Å²) < 4.78 is 1.00. The molecule has 1 aliphatic rings. The smallest absolute Gasteiger partial charge is 0.222 e. The first-order chi connectivity index (χ1) is 11.0. The van der Waals surface area contributed by atoms with Crippen LogP contribution in [-0.2, 0) is 16.1 Å². The lowest BCUT2D eigenvalue weighted by atomic mass is 10.0. The average Bonchev–Trinajstić information content (AvgIpc) is 2.53. The highest BCUT2D eigenvalue weighted by molar-refractivity contribution is 9.10. The fraction of sp³-hybridized carbons (Fsp3) is 0.556. The summed E-state index contributed by atoms with van der Waals surface area (Å²) in [7, 11) is 0. The first kappa shape index (κ1) is 18.0. The molecule has 0 spiro atoms. The SMILES string of the molecule is C[C@@H](CC(=O)NCc1cccc(Br)c1)CC(=O)N1CCCCC1. The molecule has 1 heterocycles. The molecule has 0 aliphatic carbocycles. The molecule has 1 atom stereocenters. The second-order valence-electron chi connectivity index (χ2n) is 6.36. The maximum atomic E-state index is 12.2. The van der Waals surface area contributed by atoms with Crippen molar-refractivity contribution in [3.8, 4) is 0 Å². The van der Waals surface area contributed by atoms with E-state index >= 15 is 0 Å². The van der Waals surface area contributed by atoms with Crippen LogP contribution in [0.25, 0.3) is 0 Å². The largest absolute Gasteiger partial charge is 0.352 e. The molecule has 0 saturated carbocycles. The van der Waals surface area contributed by atoms with Gasteiger partial charge in [0.15, 0.2) is 0 Å². The number of benzene rings is 1. The third-order valence-corrected chi connectivity index (χ3v) is 4.64. The normalized spacial score (nSPS) is 16.0. The maximum Gasteiger partial charge on any atom is 0.222 e. The van der Waals surface area contributed by atoms with Gasteiger partial charge in [0, 0.05) is 36.9 Å². The number of nitrogens with zero attached hydrogens (tertiary/aromatic N) is 1. The van der Waals surface area contributed by atoms with Crippen molar-refractivity contribution < 1.29 is 9.59 Å². The molecule has 126 valence electrons. The van der Waals surface area contributed by atoms with Gasteiger partial charge in [0.1, 0.15) is 0 Å². The number of likely N-dealkylation sites (tertiary alicyclic amines) is 1. The van der Waals surface area contributed by atoms with Crippen LogP contribution in [0.5, 0.6) is 0 Å². The first-order valence-electron chi connectivity index (χ1n) is 8.33. The van der Waals surface area contributed by atoms with E-state index in [1.165, 1.54) is 6.42 Å². The molecule has 0 radical (unpaired) electrons. The highest BCUT2D eigenvalue weighted by Crippen LogP contribution is 2.15. The van der Waals surface area contributed by atoms with Crippen LogP contribution in [-0.4, -0.2) is 29.8 Å². The van der Waals surface area contributed by atoms with Crippen molar-refractivity contribution in [2.45, 2.75) is 45.6 Å². The van der Waals surface area contributed by atoms with Gasteiger partial charge in [0.25, 0.3) is 0 Å². The zero-order chi connectivity index (χ0) is 16.7. The Bertz CT molecular complexity index is 542. The van der Waals surface area contributed by atoms with Crippen LogP contribution in [0.4, 0.5) is 0 Å². The second kappa shape index (κ2) is 9.06. The summed E-state index contributed by atoms with van der Waals surface area (Å²) in [5.41, 5.74) is 1.06. The van der Waals surface area contributed by atoms with Crippen molar-refractivity contribution in [1.29, 1.82) is 0 Å². The third kappa shape index (κ3) is 6.34. The molecule has 5 heteroatoms. The molecule has 0 unspecified atom stereocenters. The predicted molar refractivity (Wildman–Crippen MR) is 94.8 cm³/mol. The summed E-state index contributed by atoms with van der Waals surface area (Å²) >= 11 is 3.42. The minimum atomic E-state index is 0.00363. The fourth-order valence-electron chi connectivity index (χ4n) is 2.88. The number of carbonyl (C=O) groups excluding carboxylic acids is 2. The number of hydrogen-bond acceptors (Lipinski definition) is 2. The number of amides is 2. The lowest BCUT2D eigenvalue weighted by Gasteiger charge is -2.27. The van der Waals surface area contributed by atoms with Gasteiger partial charge in [-0.05, 0) is 42.9 Å². The summed E-state index contributed by atoms with van der Waals surface area (Å²) in [4.78, 5) is 26.2. The first-order valence-corrected chi connectivity index (χ1v) is 9.13. The van der Waals surface area contributed by atoms with Gasteiger partial charge in [-0.15, -0.1) is 0 Å². The highest BCUT2D eigenvalue weighted by atomic mass is 79.9. The minimum Gasteiger partial charge on any atom is -0.352 e. The topological polar surface area (TPSA) is 49.4 Å². The van der Waals surface area contributed by atoms with Crippen LogP contribution in [0, 0.1) is 5.92 Å². The Labute approximate surface area is 146 Å². The van der Waals surface area contributed by atoms with E-state index in [-0.39, 0.29) is 17.7 Å². The van der Waals surface area contributed by atoms with Crippen molar-refractivity contribution in [3.05, 3.63) is 34.3 Å². The summed E-state index contributed by atoms with van der Waals surface area (Å²) in [6, 6.07) is 7.88. The van der Waals surface area contributed by atoms with Gasteiger partial charge in [-0.25, -0.2) is 0 Å². The van der Waals surface area contributed by atoms with E-state index in [0.29, 0.717) is 19.4 Å². The van der Waals surface area contributed by atoms with Crippen LogP contribution >= 0.6 is 15.9 Å². The Balaban J connectivity index is 1.70. The van der Waals surface area contributed by atoms with Gasteiger partial charge in [0.2, 0.25) is 11.8 Å². The molecule has 1 aromatic rings. The van der Waals surface area contributed by atoms with Crippen molar-refractivity contribution in [2.24, 2.45) is 5.92 Å². The summed E-state index contributed by atoms with van der Waals surface area (Å²) in [6.45, 7) is 4.24. The fourth-order valence-corrected chi connectivity index (χ4v) is 3.33. The Morgan fingerprint density at radius 3 is 2.65 bits per heavy atom. The van der Waals surface area contributed by atoms with E-state index in [2.05, 4.69) is 21.2 Å². The molecular formula is C18H25BrN2O2. The molecule has 1 aliphatic heterocycles. The molecule has 0 aromatic heterocycles. The van der Waals surface area contributed by atoms with E-state index < -0.39 is 0 Å². The zero-order valence-corrected chi connectivity index (χ0v) is 15.3. The van der Waals surface area contributed by atoms with E-state index in [4.69, 9.17) is 0 Å². The van der Waals surface area contributed by atoms with E-state index in [1.807, 2.05) is 36.1 Å². The van der Waals surface area contributed by atoms with E-state index in [0.717, 1.165) is 36.0 Å². The number of rotatable bonds is 6. The number of nitrogens with one attached hydrogen (secondary N) is 1. The molecule has 1 aromatic carbocycles. The Morgan fingerprint density at radius 2 is 1.96 bits per heavy atom. The molecule has 1 saturated heterocycles. The van der Waals surface area contributed by atoms with Crippen LogP contribution in [0.2, 0.25) is 0 Å². The highest BCUT2D eigenvalue weighted by Gasteiger charge is 2.20. The predicted octanol–water partition coefficient (Wildman–Crippen LogP) is 3.49. The lowest BCUT2D eigenvalue weighted by molar-refractivity contribution is -0.133. The quantitative estimate of drug-likeness (QED) is 0.820. The van der Waals surface area contributed by atoms with Crippen LogP contribution in [0.1, 0.15) is 44.6 Å². The Kier molecular flexibility index (Phi) is 7.09. The average molecular weight is 381 g/mol. The van der Waals surface area contributed by atoms with Crippen molar-refractivity contribution in [2.75, 3.05) is 13.1 Å². The number of hydrogen-bond donors (Lipinski definition) is 1. The Hall–Kier alpha value is -1.36. The van der Waals surface area contributed by atoms with Gasteiger partial charge in [0.05, 0.1) is 0 Å². The van der Waals surface area contributed by atoms with Crippen molar-refractivity contribution >= 4 is 27.7 Å². The monoisotopic (exact) mass is 380 g/mol. The lowest BCUT2D eigenvalue weighted by Crippen LogP contribution is -2.36. The minimum absolute atomic E-state index is 0.00363. The maximum absolute atomic E-state index is 12.2. The van der Waals surface area contributed by atoms with Crippen LogP contribution in [0.15, 0.2) is 28.7 Å². The van der Waals surface area contributed by atoms with Crippen molar-refractivity contribution in [3.63, 3.8) is 0 Å². The van der Waals surface area contributed by atoms with Crippen molar-refractivity contribution in [1.82, 2.24) is 10.2 Å². The van der Waals surface area contributed by atoms with Crippen LogP contribution in [0.3, 0.4) is 0 Å². The second-order valence-corrected chi connectivity index (χ2v) is 7.28. The van der Waals surface area contributed by atoms with E-state index in [1.54, 1.807) is 0 Å². The molecule has 2 rings (SSSR count). The Morgan fingerprint density at radius 1 is 1.22 bits per heavy atom. The standard InChI is InChI=1S/C18H25BrN2O2/c1-14(11-18(23)21-8-3-2-4-9-21)10-17(22)20-13-15-6-5-7-16(19)12-15/h5-7,12,14H,2-4,8-11,13H2,1H3,(H,20,22)/t14-/m0/s1. The molecule has 4 nitrogen and oxygen atoms in total. The summed E-state index contributed by atoms with van der Waals surface area (Å²) in [5.74, 6) is 0.271. The third-order valence-electron chi connectivity index (χ3n) is 4.14. The van der Waals surface area contributed by atoms with Crippen LogP contribution < -0.4 is 5.32 Å². The molecule has 1 N–H and O–H groups in total. The molecule has 2 amide bonds. The van der Waals surface area contributed by atoms with Gasteiger partial charge < -0.3 is 10.2 Å². The van der Waals surface area contributed by atoms with Gasteiger partial charge in [-0.3, -0.25) is 9.59 Å². The molecule has 1 fully saturated rings. The van der Waals surface area contributed by atoms with Gasteiger partial charge in [-0.2, -0.15) is 0 Å².